The Bertz CT molecular complexity index is 860. The van der Waals surface area contributed by atoms with Crippen LogP contribution in [0, 0.1) is 5.92 Å². The Labute approximate surface area is 199 Å². The average molecular weight is 505 g/mol. The van der Waals surface area contributed by atoms with Gasteiger partial charge in [-0.3, -0.25) is 0 Å². The molecule has 1 aliphatic rings. The summed E-state index contributed by atoms with van der Waals surface area (Å²) in [5, 5.41) is 0. The molecule has 174 valence electrons. The van der Waals surface area contributed by atoms with Gasteiger partial charge in [0, 0.05) is 0 Å². The fourth-order valence-electron chi connectivity index (χ4n) is 4.36. The topological polar surface area (TPSA) is 35.5 Å². The highest BCUT2D eigenvalue weighted by atomic mass is 79.9. The van der Waals surface area contributed by atoms with Crippen LogP contribution in [0.3, 0.4) is 0 Å². The first-order chi connectivity index (χ1) is 15.5. The van der Waals surface area contributed by atoms with Gasteiger partial charge in [-0.15, -0.1) is 0 Å². The molecule has 0 radical (unpaired) electrons. The number of hydrogen-bond donors (Lipinski definition) is 0. The van der Waals surface area contributed by atoms with Crippen molar-refractivity contribution >= 4 is 21.9 Å². The zero-order valence-electron chi connectivity index (χ0n) is 19.1. The predicted octanol–water partition coefficient (Wildman–Crippen LogP) is 7.69. The molecule has 0 saturated heterocycles. The Balaban J connectivity index is 1.42. The molecule has 3 rings (SSSR count). The lowest BCUT2D eigenvalue weighted by atomic mass is 9.83. The summed E-state index contributed by atoms with van der Waals surface area (Å²) in [5.41, 5.74) is 3.68. The van der Waals surface area contributed by atoms with Gasteiger partial charge < -0.3 is 9.47 Å². The van der Waals surface area contributed by atoms with Crippen LogP contribution in [0.1, 0.15) is 63.9 Å². The van der Waals surface area contributed by atoms with E-state index >= 15 is 0 Å². The van der Waals surface area contributed by atoms with Crippen molar-refractivity contribution in [1.82, 2.24) is 0 Å². The minimum absolute atomic E-state index is 0.110. The maximum atomic E-state index is 13.8. The molecule has 0 aliphatic heterocycles. The molecular formula is C27H34BrFO3. The summed E-state index contributed by atoms with van der Waals surface area (Å²) in [4.78, 5) is 11.9. The van der Waals surface area contributed by atoms with Crippen LogP contribution in [0.15, 0.2) is 46.9 Å². The molecule has 1 aliphatic carbocycles. The highest BCUT2D eigenvalue weighted by Gasteiger charge is 2.27. The minimum atomic E-state index is -1.46. The van der Waals surface area contributed by atoms with Crippen LogP contribution in [0.4, 0.5) is 4.39 Å². The highest BCUT2D eigenvalue weighted by Crippen LogP contribution is 2.32. The van der Waals surface area contributed by atoms with Crippen LogP contribution < -0.4 is 4.74 Å². The Hall–Kier alpha value is -1.88. The molecule has 1 atom stereocenters. The SMILES string of the molecule is CCCC[C@H](F)C(=O)OC1CCC(CCc2ccc(-c3ccc(OC)c(Br)c3)cc2)CC1. The number of aryl methyl sites for hydroxylation is 1. The van der Waals surface area contributed by atoms with Crippen molar-refractivity contribution in [3.05, 3.63) is 52.5 Å². The molecule has 5 heteroatoms. The molecule has 0 N–H and O–H groups in total. The lowest BCUT2D eigenvalue weighted by molar-refractivity contribution is -0.157. The van der Waals surface area contributed by atoms with E-state index < -0.39 is 12.1 Å². The second kappa shape index (κ2) is 12.4. The van der Waals surface area contributed by atoms with Crippen molar-refractivity contribution in [3.8, 4) is 16.9 Å². The van der Waals surface area contributed by atoms with Gasteiger partial charge in [0.05, 0.1) is 11.6 Å². The molecule has 0 amide bonds. The largest absolute Gasteiger partial charge is 0.496 e. The normalized spacial score (nSPS) is 19.4. The number of hydrogen-bond acceptors (Lipinski definition) is 3. The molecule has 1 fully saturated rings. The van der Waals surface area contributed by atoms with Gasteiger partial charge in [0.2, 0.25) is 0 Å². The first-order valence-electron chi connectivity index (χ1n) is 11.8. The van der Waals surface area contributed by atoms with E-state index in [4.69, 9.17) is 9.47 Å². The van der Waals surface area contributed by atoms with Crippen LogP contribution in [-0.2, 0) is 16.0 Å². The summed E-state index contributed by atoms with van der Waals surface area (Å²) < 4.78 is 25.5. The lowest BCUT2D eigenvalue weighted by Gasteiger charge is -2.28. The number of benzene rings is 2. The summed E-state index contributed by atoms with van der Waals surface area (Å²) >= 11 is 3.55. The molecular weight excluding hydrogens is 471 g/mol. The van der Waals surface area contributed by atoms with Crippen LogP contribution in [0.5, 0.6) is 5.75 Å². The van der Waals surface area contributed by atoms with Gasteiger partial charge in [0.15, 0.2) is 6.17 Å². The molecule has 0 bridgehead atoms. The fraction of sp³-hybridized carbons (Fsp3) is 0.519. The van der Waals surface area contributed by atoms with Gasteiger partial charge in [0.25, 0.3) is 0 Å². The third kappa shape index (κ3) is 7.06. The van der Waals surface area contributed by atoms with Crippen molar-refractivity contribution < 1.29 is 18.7 Å². The van der Waals surface area contributed by atoms with Gasteiger partial charge in [-0.05, 0) is 95.6 Å². The van der Waals surface area contributed by atoms with E-state index in [-0.39, 0.29) is 12.5 Å². The van der Waals surface area contributed by atoms with Gasteiger partial charge in [-0.1, -0.05) is 50.1 Å². The van der Waals surface area contributed by atoms with E-state index in [1.807, 2.05) is 13.0 Å². The van der Waals surface area contributed by atoms with E-state index in [0.29, 0.717) is 5.92 Å². The Morgan fingerprint density at radius 3 is 2.41 bits per heavy atom. The molecule has 0 aromatic heterocycles. The summed E-state index contributed by atoms with van der Waals surface area (Å²) in [6.07, 6.45) is 6.29. The van der Waals surface area contributed by atoms with Crippen LogP contribution in [0.2, 0.25) is 0 Å². The zero-order valence-corrected chi connectivity index (χ0v) is 20.7. The quantitative estimate of drug-likeness (QED) is 0.311. The summed E-state index contributed by atoms with van der Waals surface area (Å²) in [5.74, 6) is 0.810. The second-order valence-electron chi connectivity index (χ2n) is 8.77. The number of methoxy groups -OCH3 is 1. The van der Waals surface area contributed by atoms with E-state index in [0.717, 1.165) is 67.2 Å². The number of unbranched alkanes of at least 4 members (excludes halogenated alkanes) is 1. The number of ether oxygens (including phenoxy) is 2. The van der Waals surface area contributed by atoms with Crippen LogP contribution >= 0.6 is 15.9 Å². The molecule has 3 nitrogen and oxygen atoms in total. The van der Waals surface area contributed by atoms with E-state index in [2.05, 4.69) is 52.3 Å². The zero-order chi connectivity index (χ0) is 22.9. The summed E-state index contributed by atoms with van der Waals surface area (Å²) in [6, 6.07) is 14.9. The lowest BCUT2D eigenvalue weighted by Crippen LogP contribution is -2.29. The van der Waals surface area contributed by atoms with Gasteiger partial charge >= 0.3 is 5.97 Å². The van der Waals surface area contributed by atoms with E-state index in [1.54, 1.807) is 7.11 Å². The number of carbonyl (C=O) groups is 1. The number of halogens is 2. The highest BCUT2D eigenvalue weighted by molar-refractivity contribution is 9.10. The standard InChI is InChI=1S/C27H34BrFO3/c1-3-4-5-25(29)27(30)32-23-15-10-20(11-16-23)7-6-19-8-12-21(13-9-19)22-14-17-26(31-2)24(28)18-22/h8-9,12-14,17-18,20,23,25H,3-7,10-11,15-16H2,1-2H3/t20?,23?,25-/m0/s1. The van der Waals surface area contributed by atoms with Crippen LogP contribution in [-0.4, -0.2) is 25.4 Å². The first kappa shape index (κ1) is 24.8. The maximum absolute atomic E-state index is 13.8. The van der Waals surface area contributed by atoms with Gasteiger partial charge in [0.1, 0.15) is 11.9 Å². The van der Waals surface area contributed by atoms with Gasteiger partial charge in [-0.25, -0.2) is 9.18 Å². The van der Waals surface area contributed by atoms with Crippen LogP contribution in [0.25, 0.3) is 11.1 Å². The Morgan fingerprint density at radius 2 is 1.78 bits per heavy atom. The average Bonchev–Trinajstić information content (AvgIpc) is 2.82. The van der Waals surface area contributed by atoms with Crippen molar-refractivity contribution in [2.45, 2.75) is 77.0 Å². The summed E-state index contributed by atoms with van der Waals surface area (Å²) in [7, 11) is 1.67. The van der Waals surface area contributed by atoms with Crippen molar-refractivity contribution in [1.29, 1.82) is 0 Å². The maximum Gasteiger partial charge on any atom is 0.340 e. The number of esters is 1. The number of carbonyl (C=O) groups excluding carboxylic acids is 1. The number of alkyl halides is 1. The van der Waals surface area contributed by atoms with Crippen molar-refractivity contribution in [2.24, 2.45) is 5.92 Å². The Kier molecular flexibility index (Phi) is 9.58. The monoisotopic (exact) mass is 504 g/mol. The fourth-order valence-corrected chi connectivity index (χ4v) is 4.90. The molecule has 0 unspecified atom stereocenters. The van der Waals surface area contributed by atoms with Gasteiger partial charge in [-0.2, -0.15) is 0 Å². The molecule has 1 saturated carbocycles. The van der Waals surface area contributed by atoms with Crippen molar-refractivity contribution in [2.75, 3.05) is 7.11 Å². The summed E-state index contributed by atoms with van der Waals surface area (Å²) in [6.45, 7) is 1.99. The smallest absolute Gasteiger partial charge is 0.340 e. The van der Waals surface area contributed by atoms with E-state index in [1.165, 1.54) is 11.1 Å². The molecule has 32 heavy (non-hydrogen) atoms. The second-order valence-corrected chi connectivity index (χ2v) is 9.63. The third-order valence-corrected chi connectivity index (χ3v) is 7.04. The first-order valence-corrected chi connectivity index (χ1v) is 12.6. The van der Waals surface area contributed by atoms with Crippen molar-refractivity contribution in [3.63, 3.8) is 0 Å². The molecule has 0 spiro atoms. The predicted molar refractivity (Wildman–Crippen MR) is 131 cm³/mol. The molecule has 2 aromatic carbocycles. The minimum Gasteiger partial charge on any atom is -0.496 e. The Morgan fingerprint density at radius 1 is 1.09 bits per heavy atom. The van der Waals surface area contributed by atoms with E-state index in [9.17, 15) is 9.18 Å². The number of rotatable bonds is 10. The molecule has 2 aromatic rings. The third-order valence-electron chi connectivity index (χ3n) is 6.42. The molecule has 0 heterocycles.